The first-order valence-electron chi connectivity index (χ1n) is 7.81. The fourth-order valence-electron chi connectivity index (χ4n) is 2.25. The summed E-state index contributed by atoms with van der Waals surface area (Å²) >= 11 is 0. The van der Waals surface area contributed by atoms with Crippen LogP contribution in [0.25, 0.3) is 0 Å². The molecule has 2 amide bonds. The molecule has 1 aromatic carbocycles. The van der Waals surface area contributed by atoms with Crippen LogP contribution in [0.2, 0.25) is 0 Å². The average molecular weight is 309 g/mol. The van der Waals surface area contributed by atoms with E-state index in [2.05, 4.69) is 15.6 Å². The maximum absolute atomic E-state index is 12.1. The van der Waals surface area contributed by atoms with Crippen molar-refractivity contribution >= 4 is 17.5 Å². The molecule has 1 heterocycles. The maximum atomic E-state index is 12.1. The Labute approximate surface area is 135 Å². The molecule has 2 N–H and O–H groups in total. The van der Waals surface area contributed by atoms with E-state index in [1.807, 2.05) is 18.2 Å². The third kappa shape index (κ3) is 4.39. The summed E-state index contributed by atoms with van der Waals surface area (Å²) in [5.41, 5.74) is 2.26. The van der Waals surface area contributed by atoms with Gasteiger partial charge in [-0.05, 0) is 49.2 Å². The Morgan fingerprint density at radius 2 is 1.87 bits per heavy atom. The molecule has 3 rings (SSSR count). The van der Waals surface area contributed by atoms with Gasteiger partial charge in [-0.25, -0.2) is 0 Å². The highest BCUT2D eigenvalue weighted by atomic mass is 16.2. The van der Waals surface area contributed by atoms with Gasteiger partial charge >= 0.3 is 0 Å². The van der Waals surface area contributed by atoms with E-state index in [-0.39, 0.29) is 17.7 Å². The molecule has 118 valence electrons. The van der Waals surface area contributed by atoms with E-state index in [1.165, 1.54) is 0 Å². The van der Waals surface area contributed by atoms with E-state index in [0.717, 1.165) is 24.2 Å². The standard InChI is InChI=1S/C18H19N3O2/c22-17(20-12-10-15-3-1-2-11-19-15)13-6-8-16(9-7-13)21-18(23)14-4-5-14/h1-3,6-9,11,14H,4-5,10,12H2,(H,20,22)(H,21,23). The zero-order chi connectivity index (χ0) is 16.1. The second-order valence-electron chi connectivity index (χ2n) is 5.67. The van der Waals surface area contributed by atoms with Gasteiger partial charge in [-0.1, -0.05) is 6.07 Å². The summed E-state index contributed by atoms with van der Waals surface area (Å²) in [5, 5.41) is 5.73. The number of amides is 2. The molecule has 23 heavy (non-hydrogen) atoms. The van der Waals surface area contributed by atoms with Crippen LogP contribution in [-0.4, -0.2) is 23.3 Å². The van der Waals surface area contributed by atoms with Gasteiger partial charge in [-0.3, -0.25) is 14.6 Å². The highest BCUT2D eigenvalue weighted by Crippen LogP contribution is 2.30. The molecule has 1 saturated carbocycles. The summed E-state index contributed by atoms with van der Waals surface area (Å²) in [6.45, 7) is 0.538. The second kappa shape index (κ2) is 7.05. The fraction of sp³-hybridized carbons (Fsp3) is 0.278. The van der Waals surface area contributed by atoms with Crippen molar-refractivity contribution in [3.63, 3.8) is 0 Å². The molecule has 0 atom stereocenters. The molecule has 1 aliphatic rings. The lowest BCUT2D eigenvalue weighted by Crippen LogP contribution is -2.25. The minimum absolute atomic E-state index is 0.0672. The van der Waals surface area contributed by atoms with Crippen LogP contribution in [0.4, 0.5) is 5.69 Å². The van der Waals surface area contributed by atoms with Gasteiger partial charge in [0.05, 0.1) is 0 Å². The summed E-state index contributed by atoms with van der Waals surface area (Å²) in [6, 6.07) is 12.7. The predicted molar refractivity (Wildman–Crippen MR) is 88.1 cm³/mol. The SMILES string of the molecule is O=C(NCCc1ccccn1)c1ccc(NC(=O)C2CC2)cc1. The lowest BCUT2D eigenvalue weighted by atomic mass is 10.2. The molecular weight excluding hydrogens is 290 g/mol. The van der Waals surface area contributed by atoms with Crippen molar-refractivity contribution < 1.29 is 9.59 Å². The van der Waals surface area contributed by atoms with E-state index in [0.29, 0.717) is 18.5 Å². The summed E-state index contributed by atoms with van der Waals surface area (Å²) < 4.78 is 0. The number of benzene rings is 1. The summed E-state index contributed by atoms with van der Waals surface area (Å²) in [7, 11) is 0. The molecule has 0 saturated heterocycles. The van der Waals surface area contributed by atoms with Crippen molar-refractivity contribution in [2.75, 3.05) is 11.9 Å². The van der Waals surface area contributed by atoms with Crippen LogP contribution in [0.5, 0.6) is 0 Å². The van der Waals surface area contributed by atoms with Crippen LogP contribution in [0.3, 0.4) is 0 Å². The zero-order valence-electron chi connectivity index (χ0n) is 12.8. The zero-order valence-corrected chi connectivity index (χ0v) is 12.8. The van der Waals surface area contributed by atoms with E-state index < -0.39 is 0 Å². The van der Waals surface area contributed by atoms with E-state index in [9.17, 15) is 9.59 Å². The number of anilines is 1. The molecule has 5 heteroatoms. The highest BCUT2D eigenvalue weighted by Gasteiger charge is 2.29. The molecule has 1 aromatic heterocycles. The average Bonchev–Trinajstić information content (AvgIpc) is 3.41. The number of nitrogens with one attached hydrogen (secondary N) is 2. The number of nitrogens with zero attached hydrogens (tertiary/aromatic N) is 1. The summed E-state index contributed by atoms with van der Waals surface area (Å²) in [6.07, 6.45) is 4.39. The van der Waals surface area contributed by atoms with Crippen LogP contribution in [0.15, 0.2) is 48.7 Å². The topological polar surface area (TPSA) is 71.1 Å². The van der Waals surface area contributed by atoms with E-state index in [4.69, 9.17) is 0 Å². The van der Waals surface area contributed by atoms with Crippen molar-refractivity contribution in [3.8, 4) is 0 Å². The quantitative estimate of drug-likeness (QED) is 0.861. The normalized spacial score (nSPS) is 13.4. The Bertz CT molecular complexity index is 679. The number of pyridine rings is 1. The second-order valence-corrected chi connectivity index (χ2v) is 5.67. The van der Waals surface area contributed by atoms with Crippen LogP contribution in [0, 0.1) is 5.92 Å². The number of hydrogen-bond donors (Lipinski definition) is 2. The molecule has 0 unspecified atom stereocenters. The van der Waals surface area contributed by atoms with Gasteiger partial charge in [0.2, 0.25) is 5.91 Å². The smallest absolute Gasteiger partial charge is 0.251 e. The van der Waals surface area contributed by atoms with Crippen LogP contribution in [-0.2, 0) is 11.2 Å². The Kier molecular flexibility index (Phi) is 4.66. The predicted octanol–water partition coefficient (Wildman–Crippen LogP) is 2.40. The number of carbonyl (C=O) groups excluding carboxylic acids is 2. The van der Waals surface area contributed by atoms with Gasteiger partial charge in [0, 0.05) is 42.0 Å². The first kappa shape index (κ1) is 15.2. The minimum Gasteiger partial charge on any atom is -0.352 e. The Morgan fingerprint density at radius 3 is 2.52 bits per heavy atom. The van der Waals surface area contributed by atoms with E-state index >= 15 is 0 Å². The van der Waals surface area contributed by atoms with E-state index in [1.54, 1.807) is 30.5 Å². The summed E-state index contributed by atoms with van der Waals surface area (Å²) in [4.78, 5) is 28.0. The van der Waals surface area contributed by atoms with Crippen molar-refractivity contribution in [1.82, 2.24) is 10.3 Å². The maximum Gasteiger partial charge on any atom is 0.251 e. The van der Waals surface area contributed by atoms with Crippen molar-refractivity contribution in [3.05, 3.63) is 59.9 Å². The van der Waals surface area contributed by atoms with Gasteiger partial charge in [0.25, 0.3) is 5.91 Å². The molecule has 1 aliphatic carbocycles. The van der Waals surface area contributed by atoms with Crippen molar-refractivity contribution in [1.29, 1.82) is 0 Å². The van der Waals surface area contributed by atoms with Crippen molar-refractivity contribution in [2.45, 2.75) is 19.3 Å². The van der Waals surface area contributed by atoms with Gasteiger partial charge in [0.1, 0.15) is 0 Å². The fourth-order valence-corrected chi connectivity index (χ4v) is 2.25. The molecule has 0 spiro atoms. The van der Waals surface area contributed by atoms with Gasteiger partial charge < -0.3 is 10.6 Å². The van der Waals surface area contributed by atoms with Gasteiger partial charge in [-0.15, -0.1) is 0 Å². The lowest BCUT2D eigenvalue weighted by Gasteiger charge is -2.07. The molecule has 2 aromatic rings. The molecule has 0 aliphatic heterocycles. The number of carbonyl (C=O) groups is 2. The van der Waals surface area contributed by atoms with Gasteiger partial charge in [-0.2, -0.15) is 0 Å². The first-order valence-corrected chi connectivity index (χ1v) is 7.81. The number of aromatic nitrogens is 1. The third-order valence-corrected chi connectivity index (χ3v) is 3.76. The highest BCUT2D eigenvalue weighted by molar-refractivity contribution is 5.96. The molecule has 0 radical (unpaired) electrons. The molecular formula is C18H19N3O2. The van der Waals surface area contributed by atoms with Crippen LogP contribution >= 0.6 is 0 Å². The minimum atomic E-state index is -0.124. The summed E-state index contributed by atoms with van der Waals surface area (Å²) in [5.74, 6) is 0.114. The van der Waals surface area contributed by atoms with Crippen molar-refractivity contribution in [2.24, 2.45) is 5.92 Å². The Morgan fingerprint density at radius 1 is 1.09 bits per heavy atom. The van der Waals surface area contributed by atoms with Gasteiger partial charge in [0.15, 0.2) is 0 Å². The third-order valence-electron chi connectivity index (χ3n) is 3.76. The largest absolute Gasteiger partial charge is 0.352 e. The number of rotatable bonds is 6. The van der Waals surface area contributed by atoms with Crippen LogP contribution < -0.4 is 10.6 Å². The lowest BCUT2D eigenvalue weighted by molar-refractivity contribution is -0.117. The number of hydrogen-bond acceptors (Lipinski definition) is 3. The van der Waals surface area contributed by atoms with Crippen LogP contribution in [0.1, 0.15) is 28.9 Å². The first-order chi connectivity index (χ1) is 11.2. The Balaban J connectivity index is 1.48. The molecule has 0 bridgehead atoms. The molecule has 5 nitrogen and oxygen atoms in total. The molecule has 1 fully saturated rings. The monoisotopic (exact) mass is 309 g/mol. The Hall–Kier alpha value is -2.69.